The monoisotopic (exact) mass is 275 g/mol. The van der Waals surface area contributed by atoms with Gasteiger partial charge in [-0.1, -0.05) is 77.8 Å². The lowest BCUT2D eigenvalue weighted by atomic mass is 10.0. The molecule has 0 saturated carbocycles. The predicted octanol–water partition coefficient (Wildman–Crippen LogP) is 4.43. The second-order valence-corrected chi connectivity index (χ2v) is 5.30. The SMILES string of the molecule is N#CCc1ccc(C(Cl)(Cl)c2ccccc2)cc1. The summed E-state index contributed by atoms with van der Waals surface area (Å²) in [6, 6.07) is 19.1. The minimum absolute atomic E-state index is 0.392. The molecular formula is C15H11Cl2N. The fraction of sp³-hybridized carbons (Fsp3) is 0.133. The molecule has 0 N–H and O–H groups in total. The molecule has 0 amide bonds. The highest BCUT2D eigenvalue weighted by Crippen LogP contribution is 2.40. The predicted molar refractivity (Wildman–Crippen MR) is 74.7 cm³/mol. The van der Waals surface area contributed by atoms with Gasteiger partial charge in [-0.25, -0.2) is 0 Å². The Morgan fingerprint density at radius 1 is 0.889 bits per heavy atom. The molecule has 0 bridgehead atoms. The number of benzene rings is 2. The first kappa shape index (κ1) is 13.0. The number of nitrogens with zero attached hydrogens (tertiary/aromatic N) is 1. The van der Waals surface area contributed by atoms with Crippen molar-refractivity contribution in [3.8, 4) is 6.07 Å². The lowest BCUT2D eigenvalue weighted by Gasteiger charge is -2.20. The van der Waals surface area contributed by atoms with Crippen LogP contribution in [0.15, 0.2) is 54.6 Å². The summed E-state index contributed by atoms with van der Waals surface area (Å²) in [5, 5.41) is 8.62. The van der Waals surface area contributed by atoms with Gasteiger partial charge in [-0.2, -0.15) is 5.26 Å². The summed E-state index contributed by atoms with van der Waals surface area (Å²) in [5.74, 6) is 0. The summed E-state index contributed by atoms with van der Waals surface area (Å²) >= 11 is 12.8. The zero-order valence-corrected chi connectivity index (χ0v) is 11.1. The zero-order chi connectivity index (χ0) is 13.0. The Kier molecular flexibility index (Phi) is 3.91. The molecule has 18 heavy (non-hydrogen) atoms. The first-order valence-electron chi connectivity index (χ1n) is 5.54. The summed E-state index contributed by atoms with van der Waals surface area (Å²) in [5.41, 5.74) is 2.60. The van der Waals surface area contributed by atoms with Crippen LogP contribution in [0.5, 0.6) is 0 Å². The van der Waals surface area contributed by atoms with Crippen molar-refractivity contribution in [2.75, 3.05) is 0 Å². The van der Waals surface area contributed by atoms with Crippen molar-refractivity contribution < 1.29 is 0 Å². The number of nitriles is 1. The molecule has 2 aromatic rings. The molecule has 0 fully saturated rings. The van der Waals surface area contributed by atoms with Crippen molar-refractivity contribution >= 4 is 23.2 Å². The average Bonchev–Trinajstić information content (AvgIpc) is 2.41. The summed E-state index contributed by atoms with van der Waals surface area (Å²) in [6.07, 6.45) is 0.392. The van der Waals surface area contributed by atoms with Gasteiger partial charge >= 0.3 is 0 Å². The largest absolute Gasteiger partial charge is 0.198 e. The van der Waals surface area contributed by atoms with E-state index in [1.54, 1.807) is 0 Å². The maximum absolute atomic E-state index is 8.62. The number of hydrogen-bond acceptors (Lipinski definition) is 1. The lowest BCUT2D eigenvalue weighted by Crippen LogP contribution is -2.12. The highest BCUT2D eigenvalue weighted by molar-refractivity contribution is 6.50. The topological polar surface area (TPSA) is 23.8 Å². The minimum atomic E-state index is -1.06. The van der Waals surface area contributed by atoms with Crippen LogP contribution in [0.3, 0.4) is 0 Å². The Morgan fingerprint density at radius 2 is 1.44 bits per heavy atom. The van der Waals surface area contributed by atoms with E-state index in [0.717, 1.165) is 16.7 Å². The zero-order valence-electron chi connectivity index (χ0n) is 9.61. The van der Waals surface area contributed by atoms with Gasteiger partial charge in [0.1, 0.15) is 0 Å². The third-order valence-corrected chi connectivity index (χ3v) is 3.61. The van der Waals surface area contributed by atoms with Crippen LogP contribution in [0.25, 0.3) is 0 Å². The third kappa shape index (κ3) is 2.67. The second-order valence-electron chi connectivity index (χ2n) is 3.97. The van der Waals surface area contributed by atoms with E-state index in [9.17, 15) is 0 Å². The van der Waals surface area contributed by atoms with Crippen LogP contribution in [-0.4, -0.2) is 0 Å². The van der Waals surface area contributed by atoms with E-state index < -0.39 is 4.33 Å². The van der Waals surface area contributed by atoms with Crippen molar-refractivity contribution in [2.45, 2.75) is 10.8 Å². The Morgan fingerprint density at radius 3 is 2.00 bits per heavy atom. The molecule has 0 atom stereocenters. The molecular weight excluding hydrogens is 265 g/mol. The lowest BCUT2D eigenvalue weighted by molar-refractivity contribution is 1.03. The molecule has 0 unspecified atom stereocenters. The molecule has 3 heteroatoms. The van der Waals surface area contributed by atoms with Crippen LogP contribution in [0.2, 0.25) is 0 Å². The fourth-order valence-corrected chi connectivity index (χ4v) is 2.24. The van der Waals surface area contributed by atoms with Crippen LogP contribution in [0, 0.1) is 11.3 Å². The Labute approximate surface area is 117 Å². The summed E-state index contributed by atoms with van der Waals surface area (Å²) in [7, 11) is 0. The molecule has 90 valence electrons. The van der Waals surface area contributed by atoms with Crippen molar-refractivity contribution in [1.82, 2.24) is 0 Å². The fourth-order valence-electron chi connectivity index (χ4n) is 1.74. The normalized spacial score (nSPS) is 10.9. The van der Waals surface area contributed by atoms with Gasteiger partial charge in [-0.3, -0.25) is 0 Å². The van der Waals surface area contributed by atoms with Crippen LogP contribution >= 0.6 is 23.2 Å². The second kappa shape index (κ2) is 5.44. The number of hydrogen-bond donors (Lipinski definition) is 0. The first-order valence-corrected chi connectivity index (χ1v) is 6.30. The maximum atomic E-state index is 8.62. The summed E-state index contributed by atoms with van der Waals surface area (Å²) < 4.78 is -1.06. The van der Waals surface area contributed by atoms with Crippen LogP contribution in [0.4, 0.5) is 0 Å². The highest BCUT2D eigenvalue weighted by atomic mass is 35.5. The van der Waals surface area contributed by atoms with Crippen molar-refractivity contribution in [3.63, 3.8) is 0 Å². The van der Waals surface area contributed by atoms with Gasteiger partial charge in [-0.05, 0) is 16.7 Å². The molecule has 0 saturated heterocycles. The summed E-state index contributed by atoms with van der Waals surface area (Å²) in [4.78, 5) is 0. The maximum Gasteiger partial charge on any atom is 0.168 e. The van der Waals surface area contributed by atoms with Gasteiger partial charge in [0.25, 0.3) is 0 Å². The van der Waals surface area contributed by atoms with E-state index >= 15 is 0 Å². The van der Waals surface area contributed by atoms with E-state index in [2.05, 4.69) is 6.07 Å². The smallest absolute Gasteiger partial charge is 0.168 e. The number of rotatable bonds is 3. The molecule has 1 nitrogen and oxygen atoms in total. The van der Waals surface area contributed by atoms with Crippen LogP contribution in [0.1, 0.15) is 16.7 Å². The molecule has 2 aromatic carbocycles. The van der Waals surface area contributed by atoms with Gasteiger partial charge < -0.3 is 0 Å². The average molecular weight is 276 g/mol. The molecule has 2 rings (SSSR count). The Balaban J connectivity index is 2.33. The van der Waals surface area contributed by atoms with E-state index in [1.807, 2.05) is 54.6 Å². The van der Waals surface area contributed by atoms with E-state index in [1.165, 1.54) is 0 Å². The number of alkyl halides is 2. The Hall–Kier alpha value is -1.49. The highest BCUT2D eigenvalue weighted by Gasteiger charge is 2.28. The molecule has 0 heterocycles. The van der Waals surface area contributed by atoms with Crippen LogP contribution < -0.4 is 0 Å². The van der Waals surface area contributed by atoms with Crippen LogP contribution in [-0.2, 0) is 10.8 Å². The van der Waals surface area contributed by atoms with Gasteiger partial charge in [0.15, 0.2) is 4.33 Å². The standard InChI is InChI=1S/C15H11Cl2N/c16-15(17,13-4-2-1-3-5-13)14-8-6-12(7-9-14)10-11-18/h1-9H,10H2. The first-order chi connectivity index (χ1) is 8.64. The van der Waals surface area contributed by atoms with Crippen molar-refractivity contribution in [1.29, 1.82) is 5.26 Å². The van der Waals surface area contributed by atoms with E-state index in [4.69, 9.17) is 28.5 Å². The van der Waals surface area contributed by atoms with Gasteiger partial charge in [0, 0.05) is 0 Å². The molecule has 0 spiro atoms. The number of halogens is 2. The van der Waals surface area contributed by atoms with E-state index in [0.29, 0.717) is 6.42 Å². The van der Waals surface area contributed by atoms with E-state index in [-0.39, 0.29) is 0 Å². The molecule has 0 radical (unpaired) electrons. The van der Waals surface area contributed by atoms with Crippen molar-refractivity contribution in [3.05, 3.63) is 71.3 Å². The van der Waals surface area contributed by atoms with Gasteiger partial charge in [0.05, 0.1) is 12.5 Å². The third-order valence-electron chi connectivity index (χ3n) is 2.74. The molecule has 0 aromatic heterocycles. The van der Waals surface area contributed by atoms with Gasteiger partial charge in [0.2, 0.25) is 0 Å². The Bertz CT molecular complexity index is 553. The molecule has 0 aliphatic rings. The molecule has 0 aliphatic carbocycles. The molecule has 0 aliphatic heterocycles. The van der Waals surface area contributed by atoms with Gasteiger partial charge in [-0.15, -0.1) is 0 Å². The van der Waals surface area contributed by atoms with Crippen molar-refractivity contribution in [2.24, 2.45) is 0 Å². The minimum Gasteiger partial charge on any atom is -0.198 e. The summed E-state index contributed by atoms with van der Waals surface area (Å²) in [6.45, 7) is 0. The quantitative estimate of drug-likeness (QED) is 0.761.